The molecule has 1 aromatic carbocycles. The van der Waals surface area contributed by atoms with Crippen LogP contribution in [0.4, 0.5) is 0 Å². The minimum Gasteiger partial charge on any atom is -0.478 e. The summed E-state index contributed by atoms with van der Waals surface area (Å²) in [5.74, 6) is -0.909. The zero-order valence-electron chi connectivity index (χ0n) is 8.56. The topological polar surface area (TPSA) is 70.9 Å². The van der Waals surface area contributed by atoms with E-state index in [1.54, 1.807) is 18.5 Å². The Morgan fingerprint density at radius 2 is 2.25 bits per heavy atom. The van der Waals surface area contributed by atoms with Gasteiger partial charge in [-0.3, -0.25) is 5.10 Å². The van der Waals surface area contributed by atoms with E-state index >= 15 is 0 Å². The van der Waals surface area contributed by atoms with Gasteiger partial charge < -0.3 is 9.67 Å². The number of hydrogen-bond donors (Lipinski definition) is 2. The van der Waals surface area contributed by atoms with Crippen LogP contribution in [0.1, 0.15) is 10.4 Å². The molecule has 0 fully saturated rings. The van der Waals surface area contributed by atoms with Crippen LogP contribution < -0.4 is 0 Å². The number of rotatable bonds is 1. The molecule has 0 saturated heterocycles. The van der Waals surface area contributed by atoms with Crippen molar-refractivity contribution in [2.45, 2.75) is 0 Å². The minimum absolute atomic E-state index is 0.320. The van der Waals surface area contributed by atoms with Crippen molar-refractivity contribution in [3.63, 3.8) is 0 Å². The number of aryl methyl sites for hydroxylation is 1. The van der Waals surface area contributed by atoms with Crippen molar-refractivity contribution in [3.05, 3.63) is 30.1 Å². The molecular formula is C11H9N3O2. The number of hydrogen-bond acceptors (Lipinski definition) is 2. The van der Waals surface area contributed by atoms with Crippen molar-refractivity contribution in [1.29, 1.82) is 0 Å². The highest BCUT2D eigenvalue weighted by molar-refractivity contribution is 6.12. The number of aromatic carboxylic acids is 1. The van der Waals surface area contributed by atoms with Crippen LogP contribution >= 0.6 is 0 Å². The van der Waals surface area contributed by atoms with Gasteiger partial charge in [0.2, 0.25) is 0 Å². The maximum atomic E-state index is 11.1. The highest BCUT2D eigenvalue weighted by atomic mass is 16.4. The Morgan fingerprint density at radius 1 is 1.44 bits per heavy atom. The van der Waals surface area contributed by atoms with Crippen molar-refractivity contribution in [3.8, 4) is 0 Å². The molecule has 2 heterocycles. The van der Waals surface area contributed by atoms with E-state index in [1.165, 1.54) is 0 Å². The Kier molecular flexibility index (Phi) is 1.60. The molecule has 80 valence electrons. The van der Waals surface area contributed by atoms with Gasteiger partial charge in [0.1, 0.15) is 0 Å². The van der Waals surface area contributed by atoms with Crippen LogP contribution in [0.5, 0.6) is 0 Å². The quantitative estimate of drug-likeness (QED) is 0.649. The lowest BCUT2D eigenvalue weighted by Crippen LogP contribution is -1.93. The third-order valence-electron chi connectivity index (χ3n) is 2.79. The molecule has 16 heavy (non-hydrogen) atoms. The molecular weight excluding hydrogens is 206 g/mol. The van der Waals surface area contributed by atoms with E-state index in [0.29, 0.717) is 5.56 Å². The largest absolute Gasteiger partial charge is 0.478 e. The zero-order chi connectivity index (χ0) is 11.3. The molecule has 0 aliphatic carbocycles. The van der Waals surface area contributed by atoms with Crippen LogP contribution in [0.25, 0.3) is 21.8 Å². The van der Waals surface area contributed by atoms with Crippen molar-refractivity contribution in [2.75, 3.05) is 0 Å². The molecule has 0 atom stereocenters. The third kappa shape index (κ3) is 0.995. The molecule has 0 spiro atoms. The van der Waals surface area contributed by atoms with Gasteiger partial charge in [0.05, 0.1) is 22.8 Å². The summed E-state index contributed by atoms with van der Waals surface area (Å²) in [6.45, 7) is 0. The average Bonchev–Trinajstić information content (AvgIpc) is 2.81. The number of fused-ring (bicyclic) bond motifs is 3. The second-order valence-electron chi connectivity index (χ2n) is 3.75. The minimum atomic E-state index is -0.909. The first kappa shape index (κ1) is 8.96. The fourth-order valence-corrected chi connectivity index (χ4v) is 2.10. The molecule has 2 aromatic heterocycles. The van der Waals surface area contributed by atoms with E-state index in [0.717, 1.165) is 21.8 Å². The zero-order valence-corrected chi connectivity index (χ0v) is 8.56. The Hall–Kier alpha value is -2.30. The lowest BCUT2D eigenvalue weighted by molar-refractivity contribution is 0.0699. The average molecular weight is 215 g/mol. The molecule has 0 unspecified atom stereocenters. The number of aromatic nitrogens is 3. The SMILES string of the molecule is Cn1cc(C(=O)O)c2ccc3[nH]ncc3c21. The number of nitrogens with one attached hydrogen (secondary N) is 1. The first-order chi connectivity index (χ1) is 7.68. The van der Waals surface area contributed by atoms with Gasteiger partial charge in [-0.15, -0.1) is 0 Å². The molecule has 5 heteroatoms. The lowest BCUT2D eigenvalue weighted by Gasteiger charge is -1.97. The van der Waals surface area contributed by atoms with E-state index in [4.69, 9.17) is 5.11 Å². The highest BCUT2D eigenvalue weighted by Crippen LogP contribution is 2.27. The van der Waals surface area contributed by atoms with Crippen LogP contribution in [0, 0.1) is 0 Å². The first-order valence-electron chi connectivity index (χ1n) is 4.83. The monoisotopic (exact) mass is 215 g/mol. The van der Waals surface area contributed by atoms with Gasteiger partial charge in [0.25, 0.3) is 0 Å². The molecule has 0 aliphatic rings. The van der Waals surface area contributed by atoms with Gasteiger partial charge in [0, 0.05) is 24.0 Å². The second-order valence-corrected chi connectivity index (χ2v) is 3.75. The number of benzene rings is 1. The number of carboxylic acids is 1. The summed E-state index contributed by atoms with van der Waals surface area (Å²) in [4.78, 5) is 11.1. The fraction of sp³-hybridized carbons (Fsp3) is 0.0909. The van der Waals surface area contributed by atoms with Crippen LogP contribution in [-0.4, -0.2) is 25.8 Å². The number of carbonyl (C=O) groups is 1. The predicted octanol–water partition coefficient (Wildman–Crippen LogP) is 1.75. The normalized spacial score (nSPS) is 11.3. The highest BCUT2D eigenvalue weighted by Gasteiger charge is 2.14. The van der Waals surface area contributed by atoms with Gasteiger partial charge >= 0.3 is 5.97 Å². The molecule has 0 saturated carbocycles. The van der Waals surface area contributed by atoms with Gasteiger partial charge in [-0.1, -0.05) is 0 Å². The smallest absolute Gasteiger partial charge is 0.337 e. The fourth-order valence-electron chi connectivity index (χ4n) is 2.10. The summed E-state index contributed by atoms with van der Waals surface area (Å²) in [7, 11) is 1.83. The molecule has 3 aromatic rings. The first-order valence-corrected chi connectivity index (χ1v) is 4.83. The van der Waals surface area contributed by atoms with Crippen molar-refractivity contribution >= 4 is 27.8 Å². The lowest BCUT2D eigenvalue weighted by atomic mass is 10.1. The Labute approximate surface area is 90.3 Å². The summed E-state index contributed by atoms with van der Waals surface area (Å²) in [5.41, 5.74) is 2.12. The Morgan fingerprint density at radius 3 is 3.00 bits per heavy atom. The van der Waals surface area contributed by atoms with Crippen LogP contribution in [0.15, 0.2) is 24.5 Å². The summed E-state index contributed by atoms with van der Waals surface area (Å²) in [5, 5.41) is 17.6. The molecule has 0 radical (unpaired) electrons. The molecule has 0 amide bonds. The summed E-state index contributed by atoms with van der Waals surface area (Å²) in [6, 6.07) is 3.65. The second kappa shape index (κ2) is 2.85. The van der Waals surface area contributed by atoms with Crippen LogP contribution in [0.3, 0.4) is 0 Å². The molecule has 3 rings (SSSR count). The predicted molar refractivity (Wildman–Crippen MR) is 59.5 cm³/mol. The molecule has 2 N–H and O–H groups in total. The van der Waals surface area contributed by atoms with Crippen LogP contribution in [0.2, 0.25) is 0 Å². The summed E-state index contributed by atoms with van der Waals surface area (Å²) in [6.07, 6.45) is 3.34. The van der Waals surface area contributed by atoms with Crippen molar-refractivity contribution in [1.82, 2.24) is 14.8 Å². The van der Waals surface area contributed by atoms with Crippen molar-refractivity contribution in [2.24, 2.45) is 7.05 Å². The summed E-state index contributed by atoms with van der Waals surface area (Å²) >= 11 is 0. The van der Waals surface area contributed by atoms with Gasteiger partial charge in [-0.25, -0.2) is 4.79 Å². The molecule has 5 nitrogen and oxygen atoms in total. The van der Waals surface area contributed by atoms with E-state index in [2.05, 4.69) is 10.2 Å². The van der Waals surface area contributed by atoms with Gasteiger partial charge in [-0.05, 0) is 12.1 Å². The third-order valence-corrected chi connectivity index (χ3v) is 2.79. The van der Waals surface area contributed by atoms with E-state index in [9.17, 15) is 4.79 Å². The number of nitrogens with zero attached hydrogens (tertiary/aromatic N) is 2. The van der Waals surface area contributed by atoms with Crippen molar-refractivity contribution < 1.29 is 9.90 Å². The number of H-pyrrole nitrogens is 1. The number of aromatic amines is 1. The van der Waals surface area contributed by atoms with E-state index < -0.39 is 5.97 Å². The molecule has 0 bridgehead atoms. The van der Waals surface area contributed by atoms with E-state index in [1.807, 2.05) is 17.7 Å². The Balaban J connectivity index is 2.56. The van der Waals surface area contributed by atoms with Crippen LogP contribution in [-0.2, 0) is 7.05 Å². The number of carboxylic acid groups (broad SMARTS) is 1. The maximum Gasteiger partial charge on any atom is 0.337 e. The van der Waals surface area contributed by atoms with Gasteiger partial charge in [-0.2, -0.15) is 5.10 Å². The maximum absolute atomic E-state index is 11.1. The molecule has 0 aliphatic heterocycles. The standard InChI is InChI=1S/C11H9N3O2/c1-14-5-8(11(15)16)6-2-3-9-7(10(6)14)4-12-13-9/h2-5H,1H3,(H,12,13)(H,15,16). The Bertz CT molecular complexity index is 708. The summed E-state index contributed by atoms with van der Waals surface area (Å²) < 4.78 is 1.82. The van der Waals surface area contributed by atoms with Gasteiger partial charge in [0.15, 0.2) is 0 Å². The van der Waals surface area contributed by atoms with E-state index in [-0.39, 0.29) is 0 Å².